The van der Waals surface area contributed by atoms with E-state index in [1.54, 1.807) is 35.6 Å². The van der Waals surface area contributed by atoms with E-state index in [1.165, 1.54) is 0 Å². The lowest BCUT2D eigenvalue weighted by Gasteiger charge is -2.15. The summed E-state index contributed by atoms with van der Waals surface area (Å²) in [5.74, 6) is 0.0330. The first-order valence-electron chi connectivity index (χ1n) is 7.42. The zero-order valence-electron chi connectivity index (χ0n) is 12.2. The minimum absolute atomic E-state index is 0.0444. The number of anilines is 1. The smallest absolute Gasteiger partial charge is 0.253 e. The third-order valence-electron chi connectivity index (χ3n) is 3.75. The second-order valence-electron chi connectivity index (χ2n) is 5.43. The van der Waals surface area contributed by atoms with Crippen LogP contribution in [-0.2, 0) is 11.2 Å². The van der Waals surface area contributed by atoms with Crippen LogP contribution in [0.15, 0.2) is 41.1 Å². The molecule has 0 bridgehead atoms. The maximum atomic E-state index is 12.2. The summed E-state index contributed by atoms with van der Waals surface area (Å²) in [6.45, 7) is 1.69. The fourth-order valence-corrected chi connectivity index (χ4v) is 3.25. The molecule has 1 aliphatic heterocycles. The lowest BCUT2D eigenvalue weighted by Crippen LogP contribution is -2.27. The summed E-state index contributed by atoms with van der Waals surface area (Å²) in [6, 6.07) is 9.08. The largest absolute Gasteiger partial charge is 0.339 e. The molecule has 0 unspecified atom stereocenters. The number of rotatable bonds is 4. The van der Waals surface area contributed by atoms with E-state index in [1.807, 2.05) is 21.7 Å². The van der Waals surface area contributed by atoms with E-state index in [-0.39, 0.29) is 11.8 Å². The molecule has 4 nitrogen and oxygen atoms in total. The Morgan fingerprint density at radius 3 is 2.45 bits per heavy atom. The third kappa shape index (κ3) is 3.54. The van der Waals surface area contributed by atoms with E-state index >= 15 is 0 Å². The van der Waals surface area contributed by atoms with Gasteiger partial charge >= 0.3 is 0 Å². The first-order valence-corrected chi connectivity index (χ1v) is 8.37. The molecule has 0 radical (unpaired) electrons. The van der Waals surface area contributed by atoms with Gasteiger partial charge in [-0.1, -0.05) is 0 Å². The van der Waals surface area contributed by atoms with Gasteiger partial charge in [0.05, 0.1) is 6.42 Å². The van der Waals surface area contributed by atoms with Crippen LogP contribution in [0.4, 0.5) is 5.69 Å². The summed E-state index contributed by atoms with van der Waals surface area (Å²) in [5.41, 5.74) is 2.42. The van der Waals surface area contributed by atoms with Gasteiger partial charge in [0, 0.05) is 24.3 Å². The number of nitrogens with one attached hydrogen (secondary N) is 1. The van der Waals surface area contributed by atoms with Crippen molar-refractivity contribution in [3.05, 3.63) is 52.2 Å². The molecule has 2 amide bonds. The molecule has 1 fully saturated rings. The van der Waals surface area contributed by atoms with Gasteiger partial charge in [-0.15, -0.1) is 0 Å². The van der Waals surface area contributed by atoms with Crippen molar-refractivity contribution in [3.63, 3.8) is 0 Å². The molecule has 3 rings (SSSR count). The Morgan fingerprint density at radius 2 is 1.82 bits per heavy atom. The molecule has 5 heteroatoms. The number of likely N-dealkylation sites (tertiary alicyclic amines) is 1. The Balaban J connectivity index is 1.59. The molecule has 2 aromatic rings. The van der Waals surface area contributed by atoms with Crippen LogP contribution in [0.2, 0.25) is 0 Å². The van der Waals surface area contributed by atoms with Crippen LogP contribution in [0.3, 0.4) is 0 Å². The number of carbonyl (C=O) groups is 2. The lowest BCUT2D eigenvalue weighted by molar-refractivity contribution is -0.115. The van der Waals surface area contributed by atoms with Crippen LogP contribution in [0.25, 0.3) is 0 Å². The maximum Gasteiger partial charge on any atom is 0.253 e. The van der Waals surface area contributed by atoms with Crippen LogP contribution < -0.4 is 5.32 Å². The average Bonchev–Trinajstić information content (AvgIpc) is 3.20. The van der Waals surface area contributed by atoms with Crippen molar-refractivity contribution in [1.29, 1.82) is 0 Å². The predicted octanol–water partition coefficient (Wildman–Crippen LogP) is 3.17. The first-order chi connectivity index (χ1) is 10.7. The quantitative estimate of drug-likeness (QED) is 0.942. The summed E-state index contributed by atoms with van der Waals surface area (Å²) in [5, 5.41) is 6.79. The Bertz CT molecular complexity index is 644. The van der Waals surface area contributed by atoms with Gasteiger partial charge in [0.25, 0.3) is 5.91 Å². The monoisotopic (exact) mass is 314 g/mol. The van der Waals surface area contributed by atoms with Crippen molar-refractivity contribution in [2.75, 3.05) is 18.4 Å². The van der Waals surface area contributed by atoms with Crippen LogP contribution in [-0.4, -0.2) is 29.8 Å². The number of thiophene rings is 1. The second-order valence-corrected chi connectivity index (χ2v) is 6.21. The SMILES string of the molecule is O=C(Cc1ccsc1)Nc1ccc(C(=O)N2CCCC2)cc1. The number of hydrogen-bond donors (Lipinski definition) is 1. The van der Waals surface area contributed by atoms with E-state index < -0.39 is 0 Å². The highest BCUT2D eigenvalue weighted by molar-refractivity contribution is 7.08. The van der Waals surface area contributed by atoms with E-state index in [2.05, 4.69) is 5.32 Å². The van der Waals surface area contributed by atoms with E-state index in [0.29, 0.717) is 12.0 Å². The number of nitrogens with zero attached hydrogens (tertiary/aromatic N) is 1. The molecule has 0 spiro atoms. The second kappa shape index (κ2) is 6.75. The van der Waals surface area contributed by atoms with Gasteiger partial charge in [-0.2, -0.15) is 11.3 Å². The highest BCUT2D eigenvalue weighted by Crippen LogP contribution is 2.16. The number of hydrogen-bond acceptors (Lipinski definition) is 3. The molecule has 1 saturated heterocycles. The molecule has 0 aliphatic carbocycles. The zero-order valence-corrected chi connectivity index (χ0v) is 13.1. The fraction of sp³-hybridized carbons (Fsp3) is 0.294. The van der Waals surface area contributed by atoms with E-state index in [0.717, 1.165) is 37.2 Å². The molecule has 22 heavy (non-hydrogen) atoms. The Labute approximate surface area is 133 Å². The Kier molecular flexibility index (Phi) is 4.53. The third-order valence-corrected chi connectivity index (χ3v) is 4.49. The van der Waals surface area contributed by atoms with Gasteiger partial charge in [0.1, 0.15) is 0 Å². The highest BCUT2D eigenvalue weighted by atomic mass is 32.1. The van der Waals surface area contributed by atoms with Crippen molar-refractivity contribution in [3.8, 4) is 0 Å². The van der Waals surface area contributed by atoms with Gasteiger partial charge in [-0.25, -0.2) is 0 Å². The van der Waals surface area contributed by atoms with Crippen LogP contribution >= 0.6 is 11.3 Å². The maximum absolute atomic E-state index is 12.2. The van der Waals surface area contributed by atoms with Gasteiger partial charge in [0.15, 0.2) is 0 Å². The van der Waals surface area contributed by atoms with Gasteiger partial charge in [0.2, 0.25) is 5.91 Å². The molecule has 1 aromatic carbocycles. The van der Waals surface area contributed by atoms with Crippen molar-refractivity contribution >= 4 is 28.8 Å². The predicted molar refractivity (Wildman–Crippen MR) is 88.2 cm³/mol. The van der Waals surface area contributed by atoms with Crippen molar-refractivity contribution in [1.82, 2.24) is 4.90 Å². The molecule has 1 aromatic heterocycles. The van der Waals surface area contributed by atoms with Crippen molar-refractivity contribution < 1.29 is 9.59 Å². The molecule has 0 atom stereocenters. The van der Waals surface area contributed by atoms with Gasteiger partial charge in [-0.05, 0) is 59.5 Å². The summed E-state index contributed by atoms with van der Waals surface area (Å²) in [4.78, 5) is 26.0. The molecular formula is C17H18N2O2S. The zero-order chi connectivity index (χ0) is 15.4. The van der Waals surface area contributed by atoms with E-state index in [9.17, 15) is 9.59 Å². The fourth-order valence-electron chi connectivity index (χ4n) is 2.58. The van der Waals surface area contributed by atoms with Crippen molar-refractivity contribution in [2.24, 2.45) is 0 Å². The summed E-state index contributed by atoms with van der Waals surface area (Å²) < 4.78 is 0. The topological polar surface area (TPSA) is 49.4 Å². The molecular weight excluding hydrogens is 296 g/mol. The molecule has 2 heterocycles. The highest BCUT2D eigenvalue weighted by Gasteiger charge is 2.19. The lowest BCUT2D eigenvalue weighted by atomic mass is 10.1. The average molecular weight is 314 g/mol. The number of amides is 2. The Hall–Kier alpha value is -2.14. The summed E-state index contributed by atoms with van der Waals surface area (Å²) >= 11 is 1.58. The van der Waals surface area contributed by atoms with Gasteiger partial charge < -0.3 is 10.2 Å². The Morgan fingerprint density at radius 1 is 1.09 bits per heavy atom. The summed E-state index contributed by atoms with van der Waals surface area (Å²) in [6.07, 6.45) is 2.54. The molecule has 0 saturated carbocycles. The standard InChI is InChI=1S/C17H18N2O2S/c20-16(11-13-7-10-22-12-13)18-15-5-3-14(4-6-15)17(21)19-8-1-2-9-19/h3-7,10,12H,1-2,8-9,11H2,(H,18,20). The number of benzene rings is 1. The molecule has 114 valence electrons. The van der Waals surface area contributed by atoms with Crippen LogP contribution in [0, 0.1) is 0 Å². The minimum Gasteiger partial charge on any atom is -0.339 e. The van der Waals surface area contributed by atoms with Crippen LogP contribution in [0.1, 0.15) is 28.8 Å². The minimum atomic E-state index is -0.0444. The molecule has 1 aliphatic rings. The first kappa shape index (κ1) is 14.8. The van der Waals surface area contributed by atoms with Crippen LogP contribution in [0.5, 0.6) is 0 Å². The normalized spacial score (nSPS) is 14.1. The van der Waals surface area contributed by atoms with E-state index in [4.69, 9.17) is 0 Å². The van der Waals surface area contributed by atoms with Gasteiger partial charge in [-0.3, -0.25) is 9.59 Å². The molecule has 1 N–H and O–H groups in total. The number of carbonyl (C=O) groups excluding carboxylic acids is 2. The van der Waals surface area contributed by atoms with Crippen molar-refractivity contribution in [2.45, 2.75) is 19.3 Å². The summed E-state index contributed by atoms with van der Waals surface area (Å²) in [7, 11) is 0.